The Hall–Kier alpha value is -1.64. The second kappa shape index (κ2) is 5.78. The van der Waals surface area contributed by atoms with E-state index in [4.69, 9.17) is 16.2 Å². The number of ether oxygens (including phenoxy) is 1. The number of amides is 1. The van der Waals surface area contributed by atoms with Crippen LogP contribution in [0.15, 0.2) is 5.10 Å². The molecule has 0 unspecified atom stereocenters. The van der Waals surface area contributed by atoms with Gasteiger partial charge in [0, 0.05) is 18.2 Å². The largest absolute Gasteiger partial charge is 0.444 e. The molecule has 9 heteroatoms. The van der Waals surface area contributed by atoms with E-state index in [2.05, 4.69) is 23.2 Å². The van der Waals surface area contributed by atoms with E-state index in [0.717, 1.165) is 0 Å². The van der Waals surface area contributed by atoms with Gasteiger partial charge in [-0.05, 0) is 20.8 Å². The summed E-state index contributed by atoms with van der Waals surface area (Å²) in [5, 5.41) is 3.43. The molecule has 0 bridgehead atoms. The third-order valence-corrected chi connectivity index (χ3v) is 2.96. The summed E-state index contributed by atoms with van der Waals surface area (Å²) in [4.78, 5) is 24.9. The molecule has 0 aromatic rings. The summed E-state index contributed by atoms with van der Waals surface area (Å²) >= 11 is 4.31. The normalized spacial score (nSPS) is 26.0. The van der Waals surface area contributed by atoms with Crippen LogP contribution in [0.4, 0.5) is 4.79 Å². The number of aldehydes is 1. The highest BCUT2D eigenvalue weighted by Gasteiger charge is 2.49. The number of hydrazone groups is 1. The fourth-order valence-electron chi connectivity index (χ4n) is 1.87. The Morgan fingerprint density at radius 2 is 2.15 bits per heavy atom. The lowest BCUT2D eigenvalue weighted by Gasteiger charge is -2.34. The second-order valence-corrected chi connectivity index (χ2v) is 6.37. The second-order valence-electron chi connectivity index (χ2n) is 5.64. The Balaban J connectivity index is 2.98. The maximum Gasteiger partial charge on any atom is 0.412 e. The van der Waals surface area contributed by atoms with Crippen LogP contribution in [0.3, 0.4) is 0 Å². The third-order valence-electron chi connectivity index (χ3n) is 2.61. The van der Waals surface area contributed by atoms with Crippen molar-refractivity contribution in [3.05, 3.63) is 0 Å². The molecule has 1 rings (SSSR count). The van der Waals surface area contributed by atoms with Crippen molar-refractivity contribution in [1.82, 2.24) is 10.3 Å². The molecule has 0 radical (unpaired) electrons. The number of nitrogens with zero attached hydrogens (tertiary/aromatic N) is 2. The summed E-state index contributed by atoms with van der Waals surface area (Å²) in [5.74, 6) is -0.238. The molecule has 1 amide bonds. The molecule has 2 atom stereocenters. The van der Waals surface area contributed by atoms with Gasteiger partial charge in [0.25, 0.3) is 0 Å². The molecule has 20 heavy (non-hydrogen) atoms. The first kappa shape index (κ1) is 16.4. The quantitative estimate of drug-likeness (QED) is 0.185. The van der Waals surface area contributed by atoms with E-state index in [9.17, 15) is 9.59 Å². The molecule has 8 nitrogen and oxygen atoms in total. The van der Waals surface area contributed by atoms with E-state index >= 15 is 0 Å². The number of hydrogen-bond acceptors (Lipinski definition) is 6. The fourth-order valence-corrected chi connectivity index (χ4v) is 2.31. The Morgan fingerprint density at radius 3 is 2.60 bits per heavy atom. The zero-order chi connectivity index (χ0) is 15.6. The van der Waals surface area contributed by atoms with Crippen LogP contribution in [-0.2, 0) is 9.53 Å². The Bertz CT molecular complexity index is 419. The molecular weight excluding hydrogens is 282 g/mol. The minimum absolute atomic E-state index is 0.186. The van der Waals surface area contributed by atoms with Crippen molar-refractivity contribution in [2.75, 3.05) is 6.54 Å². The third kappa shape index (κ3) is 3.92. The van der Waals surface area contributed by atoms with Crippen molar-refractivity contribution in [2.45, 2.75) is 43.7 Å². The molecule has 1 aliphatic heterocycles. The number of guanidine groups is 1. The van der Waals surface area contributed by atoms with Gasteiger partial charge in [0.1, 0.15) is 5.60 Å². The summed E-state index contributed by atoms with van der Waals surface area (Å²) in [6, 6.07) is 0. The van der Waals surface area contributed by atoms with E-state index in [1.165, 1.54) is 4.90 Å². The van der Waals surface area contributed by atoms with Crippen molar-refractivity contribution < 1.29 is 14.3 Å². The highest BCUT2D eigenvalue weighted by atomic mass is 32.1. The lowest BCUT2D eigenvalue weighted by Crippen LogP contribution is -2.58. The van der Waals surface area contributed by atoms with Gasteiger partial charge in [-0.1, -0.05) is 0 Å². The van der Waals surface area contributed by atoms with Crippen molar-refractivity contribution >= 4 is 31.0 Å². The lowest BCUT2D eigenvalue weighted by molar-refractivity contribution is -0.119. The molecule has 0 aliphatic carbocycles. The molecule has 5 N–H and O–H groups in total. The zero-order valence-electron chi connectivity index (χ0n) is 11.8. The van der Waals surface area contributed by atoms with Gasteiger partial charge in [-0.3, -0.25) is 15.1 Å². The van der Waals surface area contributed by atoms with Gasteiger partial charge in [0.05, 0.1) is 0 Å². The number of thiol groups is 1. The molecule has 0 aromatic carbocycles. The van der Waals surface area contributed by atoms with Crippen LogP contribution in [0.2, 0.25) is 0 Å². The number of likely N-dealkylation sites (tertiary alicyclic amines) is 1. The standard InChI is InChI=1S/C11H21N5O3S/c1-10(2,3)19-9(18)16-5-7(20)4-11(16,6-17)15-14-8(12)13/h6-7,15,20H,4-5H2,1-3H3,(H4,12,13,14)/t7-,11+/m0/s1. The first-order valence-corrected chi connectivity index (χ1v) is 6.62. The van der Waals surface area contributed by atoms with E-state index < -0.39 is 17.4 Å². The summed E-state index contributed by atoms with van der Waals surface area (Å²) in [6.45, 7) is 5.48. The van der Waals surface area contributed by atoms with Crippen molar-refractivity contribution in [2.24, 2.45) is 16.6 Å². The lowest BCUT2D eigenvalue weighted by atomic mass is 10.1. The van der Waals surface area contributed by atoms with Gasteiger partial charge < -0.3 is 16.2 Å². The van der Waals surface area contributed by atoms with Gasteiger partial charge >= 0.3 is 6.09 Å². The number of carbonyl (C=O) groups excluding carboxylic acids is 2. The van der Waals surface area contributed by atoms with Gasteiger partial charge in [-0.2, -0.15) is 12.6 Å². The molecule has 0 saturated carbocycles. The predicted molar refractivity (Wildman–Crippen MR) is 78.1 cm³/mol. The van der Waals surface area contributed by atoms with Crippen molar-refractivity contribution in [3.8, 4) is 0 Å². The Labute approximate surface area is 123 Å². The Morgan fingerprint density at radius 1 is 1.55 bits per heavy atom. The predicted octanol–water partition coefficient (Wildman–Crippen LogP) is -0.401. The monoisotopic (exact) mass is 303 g/mol. The smallest absolute Gasteiger partial charge is 0.412 e. The van der Waals surface area contributed by atoms with Crippen LogP contribution in [-0.4, -0.2) is 46.3 Å². The van der Waals surface area contributed by atoms with Gasteiger partial charge in [0.2, 0.25) is 5.96 Å². The van der Waals surface area contributed by atoms with E-state index in [1.807, 2.05) is 0 Å². The topological polar surface area (TPSA) is 123 Å². The highest BCUT2D eigenvalue weighted by molar-refractivity contribution is 7.81. The van der Waals surface area contributed by atoms with Crippen LogP contribution in [0.25, 0.3) is 0 Å². The molecule has 1 fully saturated rings. The van der Waals surface area contributed by atoms with Crippen LogP contribution in [0, 0.1) is 0 Å². The van der Waals surface area contributed by atoms with E-state index in [1.54, 1.807) is 20.8 Å². The van der Waals surface area contributed by atoms with Crippen molar-refractivity contribution in [1.29, 1.82) is 0 Å². The number of nitrogens with one attached hydrogen (secondary N) is 1. The van der Waals surface area contributed by atoms with Gasteiger partial charge in [-0.15, -0.1) is 5.10 Å². The molecule has 1 heterocycles. The number of hydrogen-bond donors (Lipinski definition) is 4. The SMILES string of the molecule is CC(C)(C)OC(=O)N1C[C@@H](S)C[C@@]1(C=O)NN=C(N)N. The van der Waals surface area contributed by atoms with Crippen LogP contribution < -0.4 is 16.9 Å². The highest BCUT2D eigenvalue weighted by Crippen LogP contribution is 2.30. The average Bonchev–Trinajstić information content (AvgIpc) is 2.62. The summed E-state index contributed by atoms with van der Waals surface area (Å²) < 4.78 is 5.28. The van der Waals surface area contributed by atoms with Gasteiger partial charge in [0.15, 0.2) is 11.9 Å². The zero-order valence-corrected chi connectivity index (χ0v) is 12.7. The first-order valence-electron chi connectivity index (χ1n) is 6.10. The van der Waals surface area contributed by atoms with E-state index in [-0.39, 0.29) is 24.2 Å². The van der Waals surface area contributed by atoms with Crippen LogP contribution >= 0.6 is 12.6 Å². The Kier molecular flexibility index (Phi) is 4.74. The summed E-state index contributed by atoms with van der Waals surface area (Å²) in [6.07, 6.45) is 0.231. The molecule has 1 aliphatic rings. The number of nitrogens with two attached hydrogens (primary N) is 2. The average molecular weight is 303 g/mol. The summed E-state index contributed by atoms with van der Waals surface area (Å²) in [7, 11) is 0. The molecule has 114 valence electrons. The minimum atomic E-state index is -1.35. The van der Waals surface area contributed by atoms with Crippen LogP contribution in [0.5, 0.6) is 0 Å². The number of carbonyl (C=O) groups is 2. The molecule has 0 aromatic heterocycles. The number of rotatable bonds is 3. The molecular formula is C11H21N5O3S. The first-order chi connectivity index (χ1) is 9.09. The minimum Gasteiger partial charge on any atom is -0.444 e. The maximum atomic E-state index is 12.2. The molecule has 1 saturated heterocycles. The summed E-state index contributed by atoms with van der Waals surface area (Å²) in [5.41, 5.74) is 11.0. The molecule has 0 spiro atoms. The fraction of sp³-hybridized carbons (Fsp3) is 0.727. The van der Waals surface area contributed by atoms with Gasteiger partial charge in [-0.25, -0.2) is 4.79 Å². The van der Waals surface area contributed by atoms with E-state index in [0.29, 0.717) is 6.29 Å². The maximum absolute atomic E-state index is 12.2. The van der Waals surface area contributed by atoms with Crippen molar-refractivity contribution in [3.63, 3.8) is 0 Å². The van der Waals surface area contributed by atoms with Crippen LogP contribution in [0.1, 0.15) is 27.2 Å².